The molecule has 1 heterocycles. The van der Waals surface area contributed by atoms with Crippen molar-refractivity contribution < 1.29 is 9.53 Å². The van der Waals surface area contributed by atoms with Crippen LogP contribution in [0.1, 0.15) is 31.7 Å². The van der Waals surface area contributed by atoms with Crippen molar-refractivity contribution in [3.8, 4) is 0 Å². The third-order valence-electron chi connectivity index (χ3n) is 3.83. The third-order valence-corrected chi connectivity index (χ3v) is 3.83. The van der Waals surface area contributed by atoms with E-state index in [-0.39, 0.29) is 18.1 Å². The molecule has 0 bridgehead atoms. The molecule has 1 aliphatic rings. The minimum Gasteiger partial charge on any atom is -0.366 e. The molecule has 4 nitrogen and oxygen atoms in total. The lowest BCUT2D eigenvalue weighted by molar-refractivity contribution is -0.135. The summed E-state index contributed by atoms with van der Waals surface area (Å²) in [7, 11) is 0. The van der Waals surface area contributed by atoms with Gasteiger partial charge in [-0.2, -0.15) is 0 Å². The number of carbonyl (C=O) groups is 1. The predicted molar refractivity (Wildman–Crippen MR) is 84.2 cm³/mol. The smallest absolute Gasteiger partial charge is 0.250 e. The number of morpholine rings is 1. The molecule has 1 aromatic rings. The lowest BCUT2D eigenvalue weighted by atomic mass is 10.0. The highest BCUT2D eigenvalue weighted by atomic mass is 16.5. The molecular formula is C17H26N2O2. The van der Waals surface area contributed by atoms with Gasteiger partial charge >= 0.3 is 0 Å². The van der Waals surface area contributed by atoms with Crippen LogP contribution in [0.3, 0.4) is 0 Å². The Balaban J connectivity index is 1.81. The number of hydrogen-bond acceptors (Lipinski definition) is 3. The molecule has 0 spiro atoms. The Morgan fingerprint density at radius 2 is 2.19 bits per heavy atom. The maximum absolute atomic E-state index is 12.2. The fraction of sp³-hybridized carbons (Fsp3) is 0.588. The molecule has 1 saturated heterocycles. The van der Waals surface area contributed by atoms with E-state index in [2.05, 4.69) is 41.8 Å². The van der Waals surface area contributed by atoms with E-state index >= 15 is 0 Å². The van der Waals surface area contributed by atoms with Crippen LogP contribution in [0, 0.1) is 0 Å². The summed E-state index contributed by atoms with van der Waals surface area (Å²) in [6, 6.07) is 10.7. The van der Waals surface area contributed by atoms with Crippen molar-refractivity contribution in [3.63, 3.8) is 0 Å². The van der Waals surface area contributed by atoms with Crippen LogP contribution in [-0.4, -0.2) is 37.7 Å². The number of carbonyl (C=O) groups excluding carboxylic acids is 1. The summed E-state index contributed by atoms with van der Waals surface area (Å²) in [6.45, 7) is 4.21. The highest BCUT2D eigenvalue weighted by molar-refractivity contribution is 5.81. The summed E-state index contributed by atoms with van der Waals surface area (Å²) in [6.07, 6.45) is 3.72. The first-order chi connectivity index (χ1) is 10.3. The van der Waals surface area contributed by atoms with Crippen LogP contribution in [0.4, 0.5) is 0 Å². The number of nitrogens with one attached hydrogen (secondary N) is 2. The first-order valence-corrected chi connectivity index (χ1v) is 7.96. The summed E-state index contributed by atoms with van der Waals surface area (Å²) in [5.74, 6) is 0.0220. The molecule has 21 heavy (non-hydrogen) atoms. The molecule has 116 valence electrons. The van der Waals surface area contributed by atoms with Gasteiger partial charge in [0.15, 0.2) is 0 Å². The fourth-order valence-electron chi connectivity index (χ4n) is 2.65. The number of benzene rings is 1. The van der Waals surface area contributed by atoms with Gasteiger partial charge in [0.25, 0.3) is 5.91 Å². The SMILES string of the molecule is CCC[C@H](CCc1ccccc1)NC(=O)[C@H]1CNCCO1. The Morgan fingerprint density at radius 3 is 2.86 bits per heavy atom. The van der Waals surface area contributed by atoms with Crippen molar-refractivity contribution in [1.29, 1.82) is 0 Å². The normalized spacial score (nSPS) is 20.0. The standard InChI is InChI=1S/C17H26N2O2/c1-2-6-15(10-9-14-7-4-3-5-8-14)19-17(20)16-13-18-11-12-21-16/h3-5,7-8,15-16,18H,2,6,9-13H2,1H3,(H,19,20)/t15-,16-/m1/s1. The average Bonchev–Trinajstić information content (AvgIpc) is 2.54. The number of hydrogen-bond donors (Lipinski definition) is 2. The second kappa shape index (κ2) is 8.80. The molecule has 1 aromatic carbocycles. The zero-order valence-corrected chi connectivity index (χ0v) is 12.8. The summed E-state index contributed by atoms with van der Waals surface area (Å²) in [4.78, 5) is 12.2. The largest absolute Gasteiger partial charge is 0.366 e. The molecule has 0 saturated carbocycles. The zero-order valence-electron chi connectivity index (χ0n) is 12.8. The quantitative estimate of drug-likeness (QED) is 0.806. The van der Waals surface area contributed by atoms with Crippen molar-refractivity contribution in [1.82, 2.24) is 10.6 Å². The molecule has 0 unspecified atom stereocenters. The van der Waals surface area contributed by atoms with Gasteiger partial charge < -0.3 is 15.4 Å². The third kappa shape index (κ3) is 5.48. The maximum atomic E-state index is 12.2. The second-order valence-corrected chi connectivity index (χ2v) is 5.58. The number of aryl methyl sites for hydroxylation is 1. The summed E-state index contributed by atoms with van der Waals surface area (Å²) in [5.41, 5.74) is 1.32. The van der Waals surface area contributed by atoms with Gasteiger partial charge in [-0.25, -0.2) is 0 Å². The summed E-state index contributed by atoms with van der Waals surface area (Å²) in [5, 5.41) is 6.35. The van der Waals surface area contributed by atoms with Gasteiger partial charge in [-0.1, -0.05) is 43.7 Å². The van der Waals surface area contributed by atoms with E-state index in [1.54, 1.807) is 0 Å². The minimum absolute atomic E-state index is 0.0220. The Bertz CT molecular complexity index is 416. The van der Waals surface area contributed by atoms with Crippen molar-refractivity contribution in [2.45, 2.75) is 44.8 Å². The Labute approximate surface area is 127 Å². The van der Waals surface area contributed by atoms with E-state index in [9.17, 15) is 4.79 Å². The van der Waals surface area contributed by atoms with Crippen molar-refractivity contribution in [2.24, 2.45) is 0 Å². The van der Waals surface area contributed by atoms with Crippen LogP contribution in [0.5, 0.6) is 0 Å². The van der Waals surface area contributed by atoms with Crippen molar-refractivity contribution in [3.05, 3.63) is 35.9 Å². The van der Waals surface area contributed by atoms with E-state index in [4.69, 9.17) is 4.74 Å². The first-order valence-electron chi connectivity index (χ1n) is 7.96. The molecule has 4 heteroatoms. The molecule has 0 aliphatic carbocycles. The van der Waals surface area contributed by atoms with Crippen molar-refractivity contribution in [2.75, 3.05) is 19.7 Å². The molecular weight excluding hydrogens is 264 g/mol. The van der Waals surface area contributed by atoms with E-state index in [0.29, 0.717) is 13.2 Å². The van der Waals surface area contributed by atoms with Gasteiger partial charge in [0.2, 0.25) is 0 Å². The molecule has 1 fully saturated rings. The molecule has 0 radical (unpaired) electrons. The molecule has 2 N–H and O–H groups in total. The Morgan fingerprint density at radius 1 is 1.38 bits per heavy atom. The van der Waals surface area contributed by atoms with Gasteiger partial charge in [-0.15, -0.1) is 0 Å². The van der Waals surface area contributed by atoms with Crippen molar-refractivity contribution >= 4 is 5.91 Å². The molecule has 2 atom stereocenters. The minimum atomic E-state index is -0.338. The van der Waals surface area contributed by atoms with Crippen LogP contribution in [-0.2, 0) is 16.0 Å². The topological polar surface area (TPSA) is 50.4 Å². The Hall–Kier alpha value is -1.39. The number of rotatable bonds is 7. The molecule has 2 rings (SSSR count). The lowest BCUT2D eigenvalue weighted by Gasteiger charge is -2.26. The predicted octanol–water partition coefficient (Wildman–Crippen LogP) is 1.89. The second-order valence-electron chi connectivity index (χ2n) is 5.58. The van der Waals surface area contributed by atoms with E-state index in [1.165, 1.54) is 5.56 Å². The monoisotopic (exact) mass is 290 g/mol. The fourth-order valence-corrected chi connectivity index (χ4v) is 2.65. The van der Waals surface area contributed by atoms with E-state index in [0.717, 1.165) is 32.2 Å². The molecule has 1 amide bonds. The highest BCUT2D eigenvalue weighted by Crippen LogP contribution is 2.09. The van der Waals surface area contributed by atoms with Crippen LogP contribution in [0.2, 0.25) is 0 Å². The number of amides is 1. The van der Waals surface area contributed by atoms with Gasteiger partial charge in [-0.05, 0) is 24.8 Å². The zero-order chi connectivity index (χ0) is 14.9. The van der Waals surface area contributed by atoms with Gasteiger partial charge in [0.05, 0.1) is 6.61 Å². The Kier molecular flexibility index (Phi) is 6.70. The van der Waals surface area contributed by atoms with Gasteiger partial charge in [0, 0.05) is 19.1 Å². The average molecular weight is 290 g/mol. The van der Waals surface area contributed by atoms with Crippen LogP contribution in [0.25, 0.3) is 0 Å². The van der Waals surface area contributed by atoms with Crippen LogP contribution in [0.15, 0.2) is 30.3 Å². The molecule has 1 aliphatic heterocycles. The van der Waals surface area contributed by atoms with Gasteiger partial charge in [-0.3, -0.25) is 4.79 Å². The van der Waals surface area contributed by atoms with E-state index < -0.39 is 0 Å². The summed E-state index contributed by atoms with van der Waals surface area (Å²) < 4.78 is 5.51. The summed E-state index contributed by atoms with van der Waals surface area (Å²) >= 11 is 0. The van der Waals surface area contributed by atoms with E-state index in [1.807, 2.05) is 6.07 Å². The van der Waals surface area contributed by atoms with Gasteiger partial charge in [0.1, 0.15) is 6.10 Å². The van der Waals surface area contributed by atoms with Crippen LogP contribution >= 0.6 is 0 Å². The maximum Gasteiger partial charge on any atom is 0.250 e. The first kappa shape index (κ1) is 16.0. The lowest BCUT2D eigenvalue weighted by Crippen LogP contribution is -2.50. The molecule has 0 aromatic heterocycles. The highest BCUT2D eigenvalue weighted by Gasteiger charge is 2.23. The number of ether oxygens (including phenoxy) is 1. The van der Waals surface area contributed by atoms with Crippen LogP contribution < -0.4 is 10.6 Å².